The van der Waals surface area contributed by atoms with Crippen LogP contribution >= 0.6 is 0 Å². The summed E-state index contributed by atoms with van der Waals surface area (Å²) in [5.74, 6) is 0. The van der Waals surface area contributed by atoms with Crippen LogP contribution in [0.4, 0.5) is 0 Å². The topological polar surface area (TPSA) is 58.7 Å². The number of aliphatic hydroxyl groups is 1. The molecule has 0 saturated carbocycles. The van der Waals surface area contributed by atoms with Crippen LogP contribution in [0.25, 0.3) is 0 Å². The Hall–Kier alpha value is -0.940. The molecule has 1 atom stereocenters. The second kappa shape index (κ2) is 7.48. The maximum atomic E-state index is 10.6. The second-order valence-corrected chi connectivity index (χ2v) is 4.54. The Morgan fingerprint density at radius 2 is 2.00 bits per heavy atom. The first kappa shape index (κ1) is 15.1. The summed E-state index contributed by atoms with van der Waals surface area (Å²) in [6, 6.07) is 9.57. The van der Waals surface area contributed by atoms with E-state index in [-0.39, 0.29) is 6.54 Å². The van der Waals surface area contributed by atoms with E-state index in [4.69, 9.17) is 10.5 Å². The molecular formula is C14H24N2O2. The molecule has 0 amide bonds. The molecule has 4 nitrogen and oxygen atoms in total. The third-order valence-corrected chi connectivity index (χ3v) is 3.00. The van der Waals surface area contributed by atoms with Gasteiger partial charge in [-0.15, -0.1) is 0 Å². The van der Waals surface area contributed by atoms with Gasteiger partial charge in [-0.25, -0.2) is 0 Å². The van der Waals surface area contributed by atoms with Gasteiger partial charge in [0.2, 0.25) is 0 Å². The molecule has 0 fully saturated rings. The van der Waals surface area contributed by atoms with Crippen molar-refractivity contribution in [2.24, 2.45) is 5.73 Å². The van der Waals surface area contributed by atoms with Gasteiger partial charge in [-0.2, -0.15) is 0 Å². The average molecular weight is 252 g/mol. The van der Waals surface area contributed by atoms with Crippen LogP contribution in [0.2, 0.25) is 0 Å². The second-order valence-electron chi connectivity index (χ2n) is 4.54. The Labute approximate surface area is 109 Å². The van der Waals surface area contributed by atoms with Crippen LogP contribution in [0.5, 0.6) is 0 Å². The number of nitrogens with zero attached hydrogens (tertiary/aromatic N) is 1. The molecule has 0 radical (unpaired) electrons. The van der Waals surface area contributed by atoms with Crippen LogP contribution in [0.3, 0.4) is 0 Å². The molecule has 0 aliphatic heterocycles. The number of benzene rings is 1. The van der Waals surface area contributed by atoms with Gasteiger partial charge >= 0.3 is 0 Å². The molecule has 3 N–H and O–H groups in total. The van der Waals surface area contributed by atoms with Gasteiger partial charge in [-0.3, -0.25) is 0 Å². The van der Waals surface area contributed by atoms with Crippen molar-refractivity contribution >= 4 is 0 Å². The SMILES string of the molecule is CCOCCN(C)CC(O)(CN)c1ccccc1. The zero-order valence-electron chi connectivity index (χ0n) is 11.3. The zero-order chi connectivity index (χ0) is 13.4. The first-order valence-corrected chi connectivity index (χ1v) is 6.36. The molecule has 102 valence electrons. The molecule has 0 aliphatic rings. The first-order valence-electron chi connectivity index (χ1n) is 6.36. The van der Waals surface area contributed by atoms with Crippen LogP contribution in [-0.4, -0.2) is 49.9 Å². The molecule has 0 aliphatic carbocycles. The van der Waals surface area contributed by atoms with E-state index >= 15 is 0 Å². The van der Waals surface area contributed by atoms with E-state index in [1.165, 1.54) is 0 Å². The average Bonchev–Trinajstić information content (AvgIpc) is 2.40. The van der Waals surface area contributed by atoms with E-state index in [1.807, 2.05) is 49.2 Å². The van der Waals surface area contributed by atoms with E-state index < -0.39 is 5.60 Å². The summed E-state index contributed by atoms with van der Waals surface area (Å²) in [6.45, 7) is 4.84. The first-order chi connectivity index (χ1) is 8.62. The molecule has 1 rings (SSSR count). The maximum absolute atomic E-state index is 10.6. The Balaban J connectivity index is 2.60. The predicted molar refractivity (Wildman–Crippen MR) is 73.4 cm³/mol. The van der Waals surface area contributed by atoms with Crippen LogP contribution in [0, 0.1) is 0 Å². The monoisotopic (exact) mass is 252 g/mol. The largest absolute Gasteiger partial charge is 0.382 e. The van der Waals surface area contributed by atoms with Crippen LogP contribution in [0.1, 0.15) is 12.5 Å². The lowest BCUT2D eigenvalue weighted by Crippen LogP contribution is -2.45. The highest BCUT2D eigenvalue weighted by Crippen LogP contribution is 2.20. The van der Waals surface area contributed by atoms with Gasteiger partial charge in [-0.05, 0) is 19.5 Å². The van der Waals surface area contributed by atoms with Crippen molar-refractivity contribution < 1.29 is 9.84 Å². The van der Waals surface area contributed by atoms with Gasteiger partial charge in [0, 0.05) is 26.2 Å². The molecule has 1 aromatic rings. The minimum Gasteiger partial charge on any atom is -0.382 e. The van der Waals surface area contributed by atoms with Crippen molar-refractivity contribution in [1.29, 1.82) is 0 Å². The lowest BCUT2D eigenvalue weighted by molar-refractivity contribution is 0.00658. The normalized spacial score (nSPS) is 14.7. The molecule has 1 aromatic carbocycles. The fourth-order valence-corrected chi connectivity index (χ4v) is 1.91. The van der Waals surface area contributed by atoms with Crippen molar-refractivity contribution in [3.8, 4) is 0 Å². The standard InChI is InChI=1S/C14H24N2O2/c1-3-18-10-9-16(2)12-14(17,11-15)13-7-5-4-6-8-13/h4-8,17H,3,9-12,15H2,1-2H3. The summed E-state index contributed by atoms with van der Waals surface area (Å²) in [4.78, 5) is 2.04. The van der Waals surface area contributed by atoms with E-state index in [1.54, 1.807) is 0 Å². The van der Waals surface area contributed by atoms with Gasteiger partial charge in [0.15, 0.2) is 0 Å². The molecule has 0 saturated heterocycles. The summed E-state index contributed by atoms with van der Waals surface area (Å²) in [5, 5.41) is 10.6. The smallest absolute Gasteiger partial charge is 0.114 e. The highest BCUT2D eigenvalue weighted by atomic mass is 16.5. The van der Waals surface area contributed by atoms with Crippen molar-refractivity contribution in [2.75, 3.05) is 39.9 Å². The molecule has 0 aromatic heterocycles. The molecule has 18 heavy (non-hydrogen) atoms. The van der Waals surface area contributed by atoms with Crippen LogP contribution in [-0.2, 0) is 10.3 Å². The number of rotatable bonds is 8. The summed E-state index contributed by atoms with van der Waals surface area (Å²) in [7, 11) is 1.96. The Morgan fingerprint density at radius 1 is 1.33 bits per heavy atom. The van der Waals surface area contributed by atoms with Crippen molar-refractivity contribution in [3.05, 3.63) is 35.9 Å². The van der Waals surface area contributed by atoms with E-state index in [9.17, 15) is 5.11 Å². The number of likely N-dealkylation sites (N-methyl/N-ethyl adjacent to an activating group) is 1. The minimum atomic E-state index is -0.998. The summed E-state index contributed by atoms with van der Waals surface area (Å²) < 4.78 is 5.30. The number of hydrogen-bond acceptors (Lipinski definition) is 4. The Kier molecular flexibility index (Phi) is 6.29. The van der Waals surface area contributed by atoms with Gasteiger partial charge < -0.3 is 20.5 Å². The van der Waals surface area contributed by atoms with Gasteiger partial charge in [0.1, 0.15) is 5.60 Å². The summed E-state index contributed by atoms with van der Waals surface area (Å²) in [6.07, 6.45) is 0. The van der Waals surface area contributed by atoms with E-state index in [0.29, 0.717) is 19.8 Å². The molecule has 0 spiro atoms. The Bertz CT molecular complexity index is 332. The van der Waals surface area contributed by atoms with Crippen LogP contribution in [0.15, 0.2) is 30.3 Å². The number of hydrogen-bond donors (Lipinski definition) is 2. The van der Waals surface area contributed by atoms with Crippen molar-refractivity contribution in [2.45, 2.75) is 12.5 Å². The Morgan fingerprint density at radius 3 is 2.56 bits per heavy atom. The van der Waals surface area contributed by atoms with Crippen LogP contribution < -0.4 is 5.73 Å². The molecule has 1 unspecified atom stereocenters. The zero-order valence-corrected chi connectivity index (χ0v) is 11.3. The number of ether oxygens (including phenoxy) is 1. The predicted octanol–water partition coefficient (Wildman–Crippen LogP) is 0.801. The van der Waals surface area contributed by atoms with Crippen molar-refractivity contribution in [1.82, 2.24) is 4.90 Å². The van der Waals surface area contributed by atoms with Gasteiger partial charge in [0.05, 0.1) is 6.61 Å². The van der Waals surface area contributed by atoms with Crippen molar-refractivity contribution in [3.63, 3.8) is 0 Å². The minimum absolute atomic E-state index is 0.204. The molecular weight excluding hydrogens is 228 g/mol. The number of nitrogens with two attached hydrogens (primary N) is 1. The quantitative estimate of drug-likeness (QED) is 0.672. The van der Waals surface area contributed by atoms with Gasteiger partial charge in [0.25, 0.3) is 0 Å². The fraction of sp³-hybridized carbons (Fsp3) is 0.571. The highest BCUT2D eigenvalue weighted by molar-refractivity contribution is 5.23. The fourth-order valence-electron chi connectivity index (χ4n) is 1.91. The third kappa shape index (κ3) is 4.38. The maximum Gasteiger partial charge on any atom is 0.114 e. The third-order valence-electron chi connectivity index (χ3n) is 3.00. The molecule has 0 bridgehead atoms. The lowest BCUT2D eigenvalue weighted by Gasteiger charge is -2.31. The van der Waals surface area contributed by atoms with E-state index in [2.05, 4.69) is 0 Å². The highest BCUT2D eigenvalue weighted by Gasteiger charge is 2.28. The molecule has 0 heterocycles. The lowest BCUT2D eigenvalue weighted by atomic mass is 9.93. The van der Waals surface area contributed by atoms with E-state index in [0.717, 1.165) is 12.1 Å². The summed E-state index contributed by atoms with van der Waals surface area (Å²) in [5.41, 5.74) is 5.59. The summed E-state index contributed by atoms with van der Waals surface area (Å²) >= 11 is 0. The van der Waals surface area contributed by atoms with Gasteiger partial charge in [-0.1, -0.05) is 30.3 Å². The molecule has 4 heteroatoms.